The van der Waals surface area contributed by atoms with E-state index in [-0.39, 0.29) is 58.1 Å². The summed E-state index contributed by atoms with van der Waals surface area (Å²) in [6.07, 6.45) is 12.5. The van der Waals surface area contributed by atoms with Crippen molar-refractivity contribution in [3.05, 3.63) is 21.5 Å². The van der Waals surface area contributed by atoms with E-state index >= 15 is 0 Å². The van der Waals surface area contributed by atoms with E-state index in [0.29, 0.717) is 6.42 Å². The second kappa shape index (κ2) is 9.99. The normalized spacial score (nSPS) is 45.1. The Labute approximate surface area is 255 Å². The summed E-state index contributed by atoms with van der Waals surface area (Å²) < 4.78 is 6.47. The van der Waals surface area contributed by atoms with Crippen LogP contribution in [0.1, 0.15) is 92.9 Å². The molecule has 0 radical (unpaired) electrons. The standard InChI is InChI=1S/C34H50O5S2/c1-29(2)12-14-34(28(38)39-7)15-13-33(6)25(21(34)18-29)22(36)16-24-30(3)17-20(27(40-8)41-9)26(37)31(4,19-35)23(30)10-11-32(24,33)5/h16,21,23,25,35H,10-15,17-19H2,1-9H3/t21-,23+,25-,30-,31+,32+,33+,34-/m0/s1. The molecule has 0 amide bonds. The number of aliphatic hydroxyl groups excluding tert-OH is 1. The largest absolute Gasteiger partial charge is 0.469 e. The molecule has 228 valence electrons. The van der Waals surface area contributed by atoms with Crippen molar-refractivity contribution in [2.24, 2.45) is 50.2 Å². The van der Waals surface area contributed by atoms with Gasteiger partial charge in [-0.2, -0.15) is 0 Å². The molecule has 0 unspecified atom stereocenters. The molecule has 4 fully saturated rings. The summed E-state index contributed by atoms with van der Waals surface area (Å²) >= 11 is 3.20. The number of hydrogen-bond donors (Lipinski definition) is 1. The summed E-state index contributed by atoms with van der Waals surface area (Å²) in [6, 6.07) is 0. The first kappa shape index (κ1) is 31.4. The zero-order valence-electron chi connectivity index (χ0n) is 26.6. The quantitative estimate of drug-likeness (QED) is 0.269. The van der Waals surface area contributed by atoms with E-state index in [9.17, 15) is 19.5 Å². The molecule has 0 bridgehead atoms. The van der Waals surface area contributed by atoms with Crippen molar-refractivity contribution < 1.29 is 24.2 Å². The lowest BCUT2D eigenvalue weighted by atomic mass is 9.33. The van der Waals surface area contributed by atoms with Crippen molar-refractivity contribution in [1.29, 1.82) is 0 Å². The summed E-state index contributed by atoms with van der Waals surface area (Å²) in [5, 5.41) is 10.8. The molecular weight excluding hydrogens is 553 g/mol. The number of fused-ring (bicyclic) bond motifs is 7. The molecule has 1 N–H and O–H groups in total. The first-order valence-electron chi connectivity index (χ1n) is 15.4. The van der Waals surface area contributed by atoms with E-state index in [1.54, 1.807) is 23.5 Å². The molecule has 41 heavy (non-hydrogen) atoms. The molecule has 0 saturated heterocycles. The van der Waals surface area contributed by atoms with Crippen LogP contribution in [0.3, 0.4) is 0 Å². The van der Waals surface area contributed by atoms with E-state index in [1.807, 2.05) is 25.5 Å². The Morgan fingerprint density at radius 1 is 1.00 bits per heavy atom. The number of methoxy groups -OCH3 is 1. The van der Waals surface area contributed by atoms with Crippen LogP contribution in [0.5, 0.6) is 0 Å². The zero-order valence-corrected chi connectivity index (χ0v) is 28.2. The van der Waals surface area contributed by atoms with Crippen LogP contribution < -0.4 is 0 Å². The lowest BCUT2D eigenvalue weighted by molar-refractivity contribution is -0.192. The van der Waals surface area contributed by atoms with E-state index in [4.69, 9.17) is 4.74 Å². The molecule has 0 heterocycles. The van der Waals surface area contributed by atoms with Gasteiger partial charge in [-0.15, -0.1) is 23.5 Å². The number of aliphatic hydroxyl groups is 1. The fraction of sp³-hybridized carbons (Fsp3) is 0.794. The third-order valence-electron chi connectivity index (χ3n) is 13.3. The van der Waals surface area contributed by atoms with Gasteiger partial charge in [0, 0.05) is 15.7 Å². The van der Waals surface area contributed by atoms with E-state index in [0.717, 1.165) is 54.8 Å². The molecule has 8 atom stereocenters. The zero-order chi connectivity index (χ0) is 30.4. The van der Waals surface area contributed by atoms with Gasteiger partial charge in [0.15, 0.2) is 11.6 Å². The second-order valence-electron chi connectivity index (χ2n) is 15.6. The van der Waals surface area contributed by atoms with Crippen molar-refractivity contribution in [3.63, 3.8) is 0 Å². The van der Waals surface area contributed by atoms with Crippen LogP contribution in [0.2, 0.25) is 0 Å². The highest BCUT2D eigenvalue weighted by atomic mass is 32.2. The Kier molecular flexibility index (Phi) is 7.64. The van der Waals surface area contributed by atoms with Crippen LogP contribution in [-0.2, 0) is 19.1 Å². The van der Waals surface area contributed by atoms with E-state index in [2.05, 4.69) is 34.6 Å². The molecule has 0 aromatic heterocycles. The average Bonchev–Trinajstić information content (AvgIpc) is 2.92. The highest BCUT2D eigenvalue weighted by molar-refractivity contribution is 8.21. The number of esters is 1. The van der Waals surface area contributed by atoms with Gasteiger partial charge in [-0.1, -0.05) is 40.2 Å². The van der Waals surface area contributed by atoms with E-state index in [1.165, 1.54) is 12.7 Å². The third kappa shape index (κ3) is 4.02. The van der Waals surface area contributed by atoms with E-state index < -0.39 is 16.2 Å². The Hall–Kier alpha value is -1.05. The van der Waals surface area contributed by atoms with Gasteiger partial charge in [0.2, 0.25) is 0 Å². The molecule has 5 aliphatic rings. The third-order valence-corrected chi connectivity index (χ3v) is 15.6. The average molecular weight is 603 g/mol. The topological polar surface area (TPSA) is 80.7 Å². The number of Topliss-reactive ketones (excluding diaryl/α,β-unsaturated/α-hetero) is 1. The first-order valence-corrected chi connectivity index (χ1v) is 17.8. The Morgan fingerprint density at radius 2 is 1.63 bits per heavy atom. The molecule has 0 aromatic carbocycles. The lowest BCUT2D eigenvalue weighted by Crippen LogP contribution is -2.66. The SMILES string of the molecule is COC(=O)[C@]12CCC(C)(C)C[C@H]1[C@H]1C(=O)C=C3[C@@]4(C)CC(=C(SC)SC)C(=O)[C@](C)(CO)[C@@H]4CC[C@@]3(C)[C@]1(C)CC2. The Bertz CT molecular complexity index is 1230. The number of carbonyl (C=O) groups excluding carboxylic acids is 3. The maximum absolute atomic E-state index is 14.6. The second-order valence-corrected chi connectivity index (χ2v) is 17.5. The van der Waals surface area contributed by atoms with Gasteiger partial charge >= 0.3 is 5.97 Å². The number of ether oxygens (including phenoxy) is 1. The fourth-order valence-electron chi connectivity index (χ4n) is 10.9. The number of thioether (sulfide) groups is 2. The van der Waals surface area contributed by atoms with Gasteiger partial charge in [-0.25, -0.2) is 0 Å². The van der Waals surface area contributed by atoms with Gasteiger partial charge in [0.25, 0.3) is 0 Å². The summed E-state index contributed by atoms with van der Waals surface area (Å²) in [4.78, 5) is 42.1. The molecule has 5 nitrogen and oxygen atoms in total. The smallest absolute Gasteiger partial charge is 0.312 e. The van der Waals surface area contributed by atoms with Crippen LogP contribution in [-0.4, -0.2) is 48.9 Å². The number of rotatable bonds is 4. The van der Waals surface area contributed by atoms with Crippen LogP contribution in [0.4, 0.5) is 0 Å². The van der Waals surface area contributed by atoms with Crippen LogP contribution in [0.15, 0.2) is 21.5 Å². The maximum atomic E-state index is 14.6. The van der Waals surface area contributed by atoms with Gasteiger partial charge in [0.1, 0.15) is 0 Å². The van der Waals surface area contributed by atoms with Crippen LogP contribution in [0, 0.1) is 50.2 Å². The molecule has 7 heteroatoms. The number of ketones is 2. The number of allylic oxidation sites excluding steroid dienone is 3. The van der Waals surface area contributed by atoms with Crippen molar-refractivity contribution in [2.45, 2.75) is 92.9 Å². The van der Waals surface area contributed by atoms with Gasteiger partial charge < -0.3 is 9.84 Å². The minimum Gasteiger partial charge on any atom is -0.469 e. The molecule has 4 saturated carbocycles. The molecule has 5 rings (SSSR count). The van der Waals surface area contributed by atoms with Gasteiger partial charge in [-0.05, 0) is 110 Å². The monoisotopic (exact) mass is 602 g/mol. The first-order chi connectivity index (χ1) is 19.0. The number of carbonyl (C=O) groups is 3. The summed E-state index contributed by atoms with van der Waals surface area (Å²) in [6.45, 7) is 13.3. The highest BCUT2D eigenvalue weighted by Gasteiger charge is 2.71. The minimum absolute atomic E-state index is 0.0418. The molecule has 5 aliphatic carbocycles. The maximum Gasteiger partial charge on any atom is 0.312 e. The molecule has 0 aromatic rings. The fourth-order valence-corrected chi connectivity index (χ4v) is 12.4. The van der Waals surface area contributed by atoms with Gasteiger partial charge in [0.05, 0.1) is 24.5 Å². The summed E-state index contributed by atoms with van der Waals surface area (Å²) in [7, 11) is 1.50. The van der Waals surface area contributed by atoms with Crippen LogP contribution in [0.25, 0.3) is 0 Å². The lowest BCUT2D eigenvalue weighted by Gasteiger charge is -2.69. The van der Waals surface area contributed by atoms with Crippen LogP contribution >= 0.6 is 23.5 Å². The Morgan fingerprint density at radius 3 is 2.22 bits per heavy atom. The van der Waals surface area contributed by atoms with Crippen molar-refractivity contribution in [1.82, 2.24) is 0 Å². The molecule has 0 aliphatic heterocycles. The molecular formula is C34H50O5S2. The summed E-state index contributed by atoms with van der Waals surface area (Å²) in [5.74, 6) is -0.233. The molecule has 0 spiro atoms. The highest BCUT2D eigenvalue weighted by Crippen LogP contribution is 2.75. The van der Waals surface area contributed by atoms with Crippen molar-refractivity contribution >= 4 is 41.1 Å². The Balaban J connectivity index is 1.70. The van der Waals surface area contributed by atoms with Crippen molar-refractivity contribution in [2.75, 3.05) is 26.2 Å². The minimum atomic E-state index is -0.887. The van der Waals surface area contributed by atoms with Gasteiger partial charge in [-0.3, -0.25) is 14.4 Å². The summed E-state index contributed by atoms with van der Waals surface area (Å²) in [5.41, 5.74) is -0.403. The predicted octanol–water partition coefficient (Wildman–Crippen LogP) is 7.23. The number of hydrogen-bond acceptors (Lipinski definition) is 7. The van der Waals surface area contributed by atoms with Crippen molar-refractivity contribution in [3.8, 4) is 0 Å². The predicted molar refractivity (Wildman–Crippen MR) is 167 cm³/mol.